The summed E-state index contributed by atoms with van der Waals surface area (Å²) in [6, 6.07) is 9.35. The number of carbonyl (C=O) groups is 1. The number of anilines is 1. The molecule has 0 saturated heterocycles. The van der Waals surface area contributed by atoms with E-state index in [1.807, 2.05) is 35.7 Å². The number of para-hydroxylation sites is 1. The van der Waals surface area contributed by atoms with Gasteiger partial charge in [0.1, 0.15) is 5.75 Å². The molecule has 1 aliphatic rings. The van der Waals surface area contributed by atoms with Gasteiger partial charge in [0.25, 0.3) is 5.91 Å². The van der Waals surface area contributed by atoms with Crippen LogP contribution in [0.4, 0.5) is 5.69 Å². The largest absolute Gasteiger partial charge is 0.506 e. The van der Waals surface area contributed by atoms with Gasteiger partial charge in [-0.2, -0.15) is 0 Å². The second kappa shape index (κ2) is 5.51. The number of aromatic hydroxyl groups is 1. The first-order valence-corrected chi connectivity index (χ1v) is 7.47. The Morgan fingerprint density at radius 1 is 1.30 bits per heavy atom. The number of phenols is 1. The molecule has 102 valence electrons. The summed E-state index contributed by atoms with van der Waals surface area (Å²) in [7, 11) is 0. The Balaban J connectivity index is 1.87. The van der Waals surface area contributed by atoms with Crippen LogP contribution in [0.3, 0.4) is 0 Å². The molecule has 1 N–H and O–H groups in total. The van der Waals surface area contributed by atoms with Gasteiger partial charge < -0.3 is 10.0 Å². The van der Waals surface area contributed by atoms with E-state index in [2.05, 4.69) is 0 Å². The summed E-state index contributed by atoms with van der Waals surface area (Å²) in [6.07, 6.45) is 5.23. The first kappa shape index (κ1) is 12.9. The highest BCUT2D eigenvalue weighted by Crippen LogP contribution is 2.35. The fraction of sp³-hybridized carbons (Fsp3) is 0.188. The number of hydrogen-bond donors (Lipinski definition) is 1. The van der Waals surface area contributed by atoms with Crippen molar-refractivity contribution in [1.82, 2.24) is 0 Å². The maximum atomic E-state index is 12.3. The first-order valence-electron chi connectivity index (χ1n) is 6.59. The normalized spacial score (nSPS) is 14.5. The second-order valence-electron chi connectivity index (χ2n) is 4.73. The number of fused-ring (bicyclic) bond motifs is 1. The van der Waals surface area contributed by atoms with Gasteiger partial charge in [-0.25, -0.2) is 0 Å². The quantitative estimate of drug-likeness (QED) is 0.859. The van der Waals surface area contributed by atoms with E-state index >= 15 is 0 Å². The molecule has 0 fully saturated rings. The van der Waals surface area contributed by atoms with Crippen LogP contribution in [-0.4, -0.2) is 17.6 Å². The summed E-state index contributed by atoms with van der Waals surface area (Å²) in [4.78, 5) is 15.1. The fourth-order valence-corrected chi connectivity index (χ4v) is 3.10. The molecule has 1 amide bonds. The average molecular weight is 285 g/mol. The van der Waals surface area contributed by atoms with Gasteiger partial charge in [0, 0.05) is 17.5 Å². The lowest BCUT2D eigenvalue weighted by molar-refractivity contribution is -0.114. The third kappa shape index (κ3) is 2.47. The lowest BCUT2D eigenvalue weighted by Gasteiger charge is -2.29. The van der Waals surface area contributed by atoms with Crippen LogP contribution in [-0.2, 0) is 11.2 Å². The number of hydrogen-bond acceptors (Lipinski definition) is 3. The number of phenolic OH excluding ortho intramolecular Hbond substituents is 1. The molecule has 2 heterocycles. The summed E-state index contributed by atoms with van der Waals surface area (Å²) >= 11 is 1.59. The standard InChI is InChI=1S/C16H15NO2S/c18-14-7-1-4-12-5-2-10-17(16(12)14)15(19)9-8-13-6-3-11-20-13/h1,3-4,6-9,11,18H,2,5,10H2. The topological polar surface area (TPSA) is 40.5 Å². The van der Waals surface area contributed by atoms with Gasteiger partial charge in [-0.05, 0) is 42.0 Å². The predicted molar refractivity (Wildman–Crippen MR) is 82.1 cm³/mol. The highest BCUT2D eigenvalue weighted by Gasteiger charge is 2.23. The number of thiophene rings is 1. The Morgan fingerprint density at radius 2 is 2.20 bits per heavy atom. The van der Waals surface area contributed by atoms with Crippen molar-refractivity contribution in [2.75, 3.05) is 11.4 Å². The molecule has 0 atom stereocenters. The van der Waals surface area contributed by atoms with Crippen molar-refractivity contribution in [2.45, 2.75) is 12.8 Å². The molecular weight excluding hydrogens is 270 g/mol. The van der Waals surface area contributed by atoms with Crippen LogP contribution in [0.1, 0.15) is 16.9 Å². The Labute approximate surface area is 121 Å². The molecule has 1 aliphatic heterocycles. The predicted octanol–water partition coefficient (Wildman–Crippen LogP) is 3.45. The monoisotopic (exact) mass is 285 g/mol. The zero-order valence-electron chi connectivity index (χ0n) is 11.0. The zero-order chi connectivity index (χ0) is 13.9. The van der Waals surface area contributed by atoms with Crippen LogP contribution in [0.15, 0.2) is 41.8 Å². The zero-order valence-corrected chi connectivity index (χ0v) is 11.8. The van der Waals surface area contributed by atoms with Crippen molar-refractivity contribution in [3.63, 3.8) is 0 Å². The third-order valence-electron chi connectivity index (χ3n) is 3.40. The Hall–Kier alpha value is -2.07. The molecule has 20 heavy (non-hydrogen) atoms. The van der Waals surface area contributed by atoms with E-state index < -0.39 is 0 Å². The molecule has 1 aromatic carbocycles. The van der Waals surface area contributed by atoms with Gasteiger partial charge in [-0.15, -0.1) is 11.3 Å². The number of carbonyl (C=O) groups excluding carboxylic acids is 1. The minimum Gasteiger partial charge on any atom is -0.506 e. The van der Waals surface area contributed by atoms with E-state index in [1.54, 1.807) is 28.4 Å². The Bertz CT molecular complexity index is 647. The molecule has 2 aromatic rings. The Morgan fingerprint density at radius 3 is 3.00 bits per heavy atom. The molecule has 0 saturated carbocycles. The van der Waals surface area contributed by atoms with E-state index in [1.165, 1.54) is 0 Å². The molecule has 0 aliphatic carbocycles. The molecular formula is C16H15NO2S. The van der Waals surface area contributed by atoms with Crippen LogP contribution in [0.2, 0.25) is 0 Å². The number of aryl methyl sites for hydroxylation is 1. The van der Waals surface area contributed by atoms with Crippen LogP contribution in [0, 0.1) is 0 Å². The van der Waals surface area contributed by atoms with Crippen LogP contribution < -0.4 is 4.90 Å². The lowest BCUT2D eigenvalue weighted by Crippen LogP contribution is -2.34. The van der Waals surface area contributed by atoms with Gasteiger partial charge in [0.15, 0.2) is 0 Å². The molecule has 0 spiro atoms. The van der Waals surface area contributed by atoms with Gasteiger partial charge in [-0.3, -0.25) is 4.79 Å². The van der Waals surface area contributed by atoms with Crippen molar-refractivity contribution >= 4 is 29.0 Å². The number of nitrogens with zero attached hydrogens (tertiary/aromatic N) is 1. The van der Waals surface area contributed by atoms with Gasteiger partial charge in [-0.1, -0.05) is 18.2 Å². The van der Waals surface area contributed by atoms with Crippen LogP contribution in [0.5, 0.6) is 5.75 Å². The highest BCUT2D eigenvalue weighted by atomic mass is 32.1. The van der Waals surface area contributed by atoms with E-state index in [0.717, 1.165) is 23.3 Å². The van der Waals surface area contributed by atoms with Crippen molar-refractivity contribution < 1.29 is 9.90 Å². The van der Waals surface area contributed by atoms with E-state index in [-0.39, 0.29) is 11.7 Å². The number of rotatable bonds is 2. The second-order valence-corrected chi connectivity index (χ2v) is 5.71. The van der Waals surface area contributed by atoms with Crippen molar-refractivity contribution in [3.05, 3.63) is 52.2 Å². The van der Waals surface area contributed by atoms with Crippen molar-refractivity contribution in [1.29, 1.82) is 0 Å². The smallest absolute Gasteiger partial charge is 0.251 e. The van der Waals surface area contributed by atoms with Crippen LogP contribution >= 0.6 is 11.3 Å². The molecule has 3 rings (SSSR count). The SMILES string of the molecule is O=C(C=Cc1cccs1)N1CCCc2cccc(O)c21. The van der Waals surface area contributed by atoms with E-state index in [0.29, 0.717) is 12.2 Å². The van der Waals surface area contributed by atoms with Gasteiger partial charge in [0.05, 0.1) is 5.69 Å². The molecule has 0 unspecified atom stereocenters. The summed E-state index contributed by atoms with van der Waals surface area (Å²) < 4.78 is 0. The molecule has 4 heteroatoms. The molecule has 0 radical (unpaired) electrons. The Kier molecular flexibility index (Phi) is 3.56. The summed E-state index contributed by atoms with van der Waals surface area (Å²) in [6.45, 7) is 0.651. The lowest BCUT2D eigenvalue weighted by atomic mass is 10.0. The number of amides is 1. The minimum absolute atomic E-state index is 0.0825. The average Bonchev–Trinajstić information content (AvgIpc) is 2.98. The highest BCUT2D eigenvalue weighted by molar-refractivity contribution is 7.10. The summed E-state index contributed by atoms with van der Waals surface area (Å²) in [5, 5.41) is 12.0. The van der Waals surface area contributed by atoms with Crippen molar-refractivity contribution in [2.24, 2.45) is 0 Å². The summed E-state index contributed by atoms with van der Waals surface area (Å²) in [5.41, 5.74) is 1.70. The van der Waals surface area contributed by atoms with Crippen molar-refractivity contribution in [3.8, 4) is 5.75 Å². The molecule has 1 aromatic heterocycles. The molecule has 3 nitrogen and oxygen atoms in total. The maximum Gasteiger partial charge on any atom is 0.251 e. The van der Waals surface area contributed by atoms with Gasteiger partial charge in [0.2, 0.25) is 0 Å². The molecule has 0 bridgehead atoms. The van der Waals surface area contributed by atoms with E-state index in [9.17, 15) is 9.90 Å². The van der Waals surface area contributed by atoms with E-state index in [4.69, 9.17) is 0 Å². The van der Waals surface area contributed by atoms with Crippen LogP contribution in [0.25, 0.3) is 6.08 Å². The first-order chi connectivity index (χ1) is 9.75. The fourth-order valence-electron chi connectivity index (χ4n) is 2.48. The maximum absolute atomic E-state index is 12.3. The van der Waals surface area contributed by atoms with Gasteiger partial charge >= 0.3 is 0 Å². The third-order valence-corrected chi connectivity index (χ3v) is 4.23. The minimum atomic E-state index is -0.0825. The summed E-state index contributed by atoms with van der Waals surface area (Å²) in [5.74, 6) is 0.0981. The number of benzene rings is 1.